The van der Waals surface area contributed by atoms with Gasteiger partial charge in [0, 0.05) is 0 Å². The van der Waals surface area contributed by atoms with E-state index in [1.165, 1.54) is 22.0 Å². The van der Waals surface area contributed by atoms with Crippen LogP contribution in [0.25, 0.3) is 5.57 Å². The van der Waals surface area contributed by atoms with Crippen LogP contribution in [0, 0.1) is 6.92 Å². The van der Waals surface area contributed by atoms with E-state index in [0.717, 1.165) is 6.16 Å². The van der Waals surface area contributed by atoms with E-state index in [9.17, 15) is 0 Å². The molecule has 0 spiro atoms. The van der Waals surface area contributed by atoms with Gasteiger partial charge in [0.05, 0.1) is 0 Å². The molecule has 82 valence electrons. The summed E-state index contributed by atoms with van der Waals surface area (Å²) in [5.74, 6) is 0. The van der Waals surface area contributed by atoms with Gasteiger partial charge in [-0.3, -0.25) is 0 Å². The fourth-order valence-corrected chi connectivity index (χ4v) is 2.73. The summed E-state index contributed by atoms with van der Waals surface area (Å²) >= 11 is 0. The summed E-state index contributed by atoms with van der Waals surface area (Å²) < 4.78 is 0. The van der Waals surface area contributed by atoms with Crippen molar-refractivity contribution in [3.05, 3.63) is 65.5 Å². The van der Waals surface area contributed by atoms with Gasteiger partial charge in [0.2, 0.25) is 0 Å². The van der Waals surface area contributed by atoms with Gasteiger partial charge in [0.1, 0.15) is 0 Å². The first-order valence-corrected chi connectivity index (χ1v) is 7.49. The van der Waals surface area contributed by atoms with Gasteiger partial charge in [-0.05, 0) is 42.3 Å². The minimum atomic E-state index is -0.0603. The molecule has 0 nitrogen and oxygen atoms in total. The van der Waals surface area contributed by atoms with Crippen LogP contribution in [0.3, 0.4) is 0 Å². The molecule has 0 radical (unpaired) electrons. The molecule has 2 rings (SSSR count). The van der Waals surface area contributed by atoms with Crippen LogP contribution in [0.2, 0.25) is 0 Å². The Balaban J connectivity index is 2.36. The minimum absolute atomic E-state index is 0.0603. The van der Waals surface area contributed by atoms with E-state index in [2.05, 4.69) is 62.7 Å². The number of allylic oxidation sites excluding steroid dienone is 5. The highest BCUT2D eigenvalue weighted by molar-refractivity contribution is 7.61. The summed E-state index contributed by atoms with van der Waals surface area (Å²) in [7, 11) is -0.0603. The molecule has 0 N–H and O–H groups in total. The molecule has 0 amide bonds. The van der Waals surface area contributed by atoms with E-state index in [1.807, 2.05) is 0 Å². The first-order chi connectivity index (χ1) is 7.66. The van der Waals surface area contributed by atoms with Crippen molar-refractivity contribution in [3.63, 3.8) is 0 Å². The molecular formula is C15H17P. The zero-order valence-electron chi connectivity index (χ0n) is 9.90. The molecule has 1 heteroatoms. The van der Waals surface area contributed by atoms with Crippen LogP contribution >= 0.6 is 7.92 Å². The molecule has 16 heavy (non-hydrogen) atoms. The predicted octanol–water partition coefficient (Wildman–Crippen LogP) is 4.57. The van der Waals surface area contributed by atoms with Crippen LogP contribution in [-0.2, 0) is 0 Å². The lowest BCUT2D eigenvalue weighted by molar-refractivity contribution is 1.45. The number of hydrogen-bond donors (Lipinski definition) is 0. The van der Waals surface area contributed by atoms with Gasteiger partial charge in [-0.2, -0.15) is 0 Å². The maximum absolute atomic E-state index is 4.16. The second-order valence-electron chi connectivity index (χ2n) is 4.24. The summed E-state index contributed by atoms with van der Waals surface area (Å²) in [6.45, 7) is 8.57. The smallest absolute Gasteiger partial charge is 0.0104 e. The number of aryl methyl sites for hydroxylation is 1. The van der Waals surface area contributed by atoms with Crippen molar-refractivity contribution in [2.45, 2.75) is 6.92 Å². The Morgan fingerprint density at radius 3 is 2.56 bits per heavy atom. The van der Waals surface area contributed by atoms with E-state index < -0.39 is 0 Å². The van der Waals surface area contributed by atoms with Crippen molar-refractivity contribution in [2.24, 2.45) is 0 Å². The van der Waals surface area contributed by atoms with Crippen molar-refractivity contribution in [3.8, 4) is 0 Å². The molecule has 1 unspecified atom stereocenters. The van der Waals surface area contributed by atoms with Crippen molar-refractivity contribution in [1.82, 2.24) is 0 Å². The van der Waals surface area contributed by atoms with E-state index in [-0.39, 0.29) is 7.92 Å². The summed E-state index contributed by atoms with van der Waals surface area (Å²) in [4.78, 5) is 0. The number of rotatable bonds is 1. The van der Waals surface area contributed by atoms with Crippen molar-refractivity contribution < 1.29 is 0 Å². The van der Waals surface area contributed by atoms with Gasteiger partial charge in [-0.15, -0.1) is 0 Å². The first-order valence-electron chi connectivity index (χ1n) is 5.52. The highest BCUT2D eigenvalue weighted by Crippen LogP contribution is 2.43. The Morgan fingerprint density at radius 1 is 1.19 bits per heavy atom. The Kier molecular flexibility index (Phi) is 3.41. The van der Waals surface area contributed by atoms with Gasteiger partial charge < -0.3 is 0 Å². The standard InChI is InChI=1S/C15H17P/c1-12-6-8-14(9-7-12)15-5-4-10-16(3)13(2)11-15/h4-9,11H,2,10H2,1,3H3. The summed E-state index contributed by atoms with van der Waals surface area (Å²) in [6, 6.07) is 8.68. The lowest BCUT2D eigenvalue weighted by Crippen LogP contribution is -1.81. The van der Waals surface area contributed by atoms with Crippen LogP contribution in [0.1, 0.15) is 11.1 Å². The monoisotopic (exact) mass is 228 g/mol. The molecule has 1 aromatic carbocycles. The van der Waals surface area contributed by atoms with Crippen LogP contribution in [-0.4, -0.2) is 12.8 Å². The molecule has 1 aromatic rings. The largest absolute Gasteiger partial charge is 0.0913 e. The lowest BCUT2D eigenvalue weighted by Gasteiger charge is -2.08. The third-order valence-electron chi connectivity index (χ3n) is 2.87. The second-order valence-corrected chi connectivity index (χ2v) is 6.58. The third-order valence-corrected chi connectivity index (χ3v) is 4.74. The van der Waals surface area contributed by atoms with Crippen molar-refractivity contribution in [1.29, 1.82) is 0 Å². The van der Waals surface area contributed by atoms with Crippen LogP contribution in [0.15, 0.2) is 54.4 Å². The van der Waals surface area contributed by atoms with E-state index in [0.29, 0.717) is 0 Å². The van der Waals surface area contributed by atoms with Gasteiger partial charge >= 0.3 is 0 Å². The molecular weight excluding hydrogens is 211 g/mol. The first kappa shape index (κ1) is 11.4. The van der Waals surface area contributed by atoms with E-state index in [4.69, 9.17) is 0 Å². The Labute approximate surface area is 99.1 Å². The number of benzene rings is 1. The van der Waals surface area contributed by atoms with Gasteiger partial charge in [0.25, 0.3) is 0 Å². The average Bonchev–Trinajstić information content (AvgIpc) is 2.43. The quantitative estimate of drug-likeness (QED) is 0.617. The van der Waals surface area contributed by atoms with Gasteiger partial charge in [0.15, 0.2) is 0 Å². The zero-order chi connectivity index (χ0) is 11.5. The van der Waals surface area contributed by atoms with Gasteiger partial charge in [-0.25, -0.2) is 0 Å². The molecule has 0 fully saturated rings. The van der Waals surface area contributed by atoms with Gasteiger partial charge in [-0.1, -0.05) is 56.5 Å². The average molecular weight is 228 g/mol. The molecule has 0 saturated carbocycles. The highest BCUT2D eigenvalue weighted by Gasteiger charge is 2.07. The van der Waals surface area contributed by atoms with Crippen molar-refractivity contribution >= 4 is 13.5 Å². The highest BCUT2D eigenvalue weighted by atomic mass is 31.1. The fourth-order valence-electron chi connectivity index (χ4n) is 1.72. The Morgan fingerprint density at radius 2 is 1.88 bits per heavy atom. The van der Waals surface area contributed by atoms with Crippen LogP contribution < -0.4 is 0 Å². The summed E-state index contributed by atoms with van der Waals surface area (Å²) in [6.07, 6.45) is 7.89. The Hall–Kier alpha value is -1.13. The number of hydrogen-bond acceptors (Lipinski definition) is 0. The molecule has 0 aliphatic carbocycles. The molecule has 0 saturated heterocycles. The maximum Gasteiger partial charge on any atom is -0.0104 e. The molecule has 1 atom stereocenters. The zero-order valence-corrected chi connectivity index (χ0v) is 10.8. The molecule has 1 aliphatic heterocycles. The van der Waals surface area contributed by atoms with E-state index in [1.54, 1.807) is 0 Å². The molecule has 0 aromatic heterocycles. The van der Waals surface area contributed by atoms with E-state index >= 15 is 0 Å². The van der Waals surface area contributed by atoms with Crippen LogP contribution in [0.5, 0.6) is 0 Å². The topological polar surface area (TPSA) is 0 Å². The lowest BCUT2D eigenvalue weighted by atomic mass is 10.0. The van der Waals surface area contributed by atoms with Crippen molar-refractivity contribution in [2.75, 3.05) is 12.8 Å². The third kappa shape index (κ3) is 2.51. The SMILES string of the molecule is C=C1C=C(c2ccc(C)cc2)C=CCP1C. The fraction of sp³-hybridized carbons (Fsp3) is 0.200. The molecule has 0 bridgehead atoms. The maximum atomic E-state index is 4.16. The van der Waals surface area contributed by atoms with Crippen LogP contribution in [0.4, 0.5) is 0 Å². The molecule has 1 heterocycles. The minimum Gasteiger partial charge on any atom is -0.0913 e. The predicted molar refractivity (Wildman–Crippen MR) is 75.1 cm³/mol. The second kappa shape index (κ2) is 4.80. The summed E-state index contributed by atoms with van der Waals surface area (Å²) in [5.41, 5.74) is 3.88. The summed E-state index contributed by atoms with van der Waals surface area (Å²) in [5, 5.41) is 1.29. The Bertz CT molecular complexity index is 449. The molecule has 1 aliphatic rings. The normalized spacial score (nSPS) is 20.5.